The van der Waals surface area contributed by atoms with E-state index >= 15 is 0 Å². The van der Waals surface area contributed by atoms with Gasteiger partial charge in [0, 0.05) is 6.54 Å². The van der Waals surface area contributed by atoms with Gasteiger partial charge in [-0.1, -0.05) is 6.07 Å². The lowest BCUT2D eigenvalue weighted by atomic mass is 10.1. The molecule has 114 valence electrons. The number of aromatic nitrogens is 2. The van der Waals surface area contributed by atoms with Crippen molar-refractivity contribution in [2.75, 3.05) is 11.5 Å². The van der Waals surface area contributed by atoms with E-state index in [9.17, 15) is 8.42 Å². The van der Waals surface area contributed by atoms with Gasteiger partial charge in [0.25, 0.3) is 0 Å². The van der Waals surface area contributed by atoms with E-state index in [1.165, 1.54) is 0 Å². The minimum Gasteiger partial charge on any atom is -0.326 e. The number of halogens is 1. The summed E-state index contributed by atoms with van der Waals surface area (Å²) in [5, 5.41) is -0.198. The molecule has 2 heterocycles. The molecule has 0 radical (unpaired) electrons. The summed E-state index contributed by atoms with van der Waals surface area (Å²) in [5.41, 5.74) is 3.13. The topological polar surface area (TPSA) is 52.0 Å². The number of sulfone groups is 1. The fourth-order valence-corrected chi connectivity index (χ4v) is 5.04. The molecule has 1 fully saturated rings. The molecule has 6 heteroatoms. The Bertz CT molecular complexity index is 780. The Balaban J connectivity index is 2.03. The number of hydrogen-bond donors (Lipinski definition) is 0. The van der Waals surface area contributed by atoms with Crippen molar-refractivity contribution in [3.8, 4) is 0 Å². The molecule has 2 aromatic rings. The molecule has 2 atom stereocenters. The second kappa shape index (κ2) is 5.29. The number of nitrogens with zero attached hydrogens (tertiary/aromatic N) is 2. The highest BCUT2D eigenvalue weighted by Gasteiger charge is 2.29. The maximum Gasteiger partial charge on any atom is 0.150 e. The summed E-state index contributed by atoms with van der Waals surface area (Å²) in [4.78, 5) is 4.61. The molecule has 1 aliphatic rings. The largest absolute Gasteiger partial charge is 0.326 e. The van der Waals surface area contributed by atoms with Crippen LogP contribution in [0.2, 0.25) is 0 Å². The van der Waals surface area contributed by atoms with Crippen molar-refractivity contribution in [1.82, 2.24) is 9.55 Å². The van der Waals surface area contributed by atoms with Crippen molar-refractivity contribution in [2.45, 2.75) is 32.2 Å². The van der Waals surface area contributed by atoms with Gasteiger partial charge in [0.05, 0.1) is 27.9 Å². The molecule has 0 saturated carbocycles. The minimum atomic E-state index is -2.86. The van der Waals surface area contributed by atoms with Crippen LogP contribution in [0.15, 0.2) is 18.2 Å². The first-order valence-electron chi connectivity index (χ1n) is 7.17. The fraction of sp³-hybridized carbons (Fsp3) is 0.533. The van der Waals surface area contributed by atoms with Crippen LogP contribution in [0.1, 0.15) is 30.1 Å². The molecule has 1 aromatic carbocycles. The van der Waals surface area contributed by atoms with Gasteiger partial charge >= 0.3 is 0 Å². The summed E-state index contributed by atoms with van der Waals surface area (Å²) in [5.74, 6) is 1.55. The van der Waals surface area contributed by atoms with Crippen LogP contribution in [-0.2, 0) is 16.4 Å². The Morgan fingerprint density at radius 3 is 2.86 bits per heavy atom. The zero-order valence-corrected chi connectivity index (χ0v) is 13.8. The first kappa shape index (κ1) is 14.9. The molecule has 0 amide bonds. The number of alkyl halides is 1. The van der Waals surface area contributed by atoms with Crippen molar-refractivity contribution < 1.29 is 8.42 Å². The number of benzene rings is 1. The monoisotopic (exact) mass is 326 g/mol. The predicted molar refractivity (Wildman–Crippen MR) is 85.5 cm³/mol. The molecule has 1 aliphatic heterocycles. The molecule has 3 rings (SSSR count). The quantitative estimate of drug-likeness (QED) is 0.814. The number of hydrogen-bond acceptors (Lipinski definition) is 3. The molecule has 1 aromatic heterocycles. The molecule has 0 bridgehead atoms. The average Bonchev–Trinajstić information content (AvgIpc) is 2.91. The maximum atomic E-state index is 11.7. The van der Waals surface area contributed by atoms with E-state index in [1.807, 2.05) is 26.0 Å². The van der Waals surface area contributed by atoms with Crippen LogP contribution in [0.3, 0.4) is 0 Å². The number of aryl methyl sites for hydroxylation is 1. The smallest absolute Gasteiger partial charge is 0.150 e. The first-order valence-corrected chi connectivity index (χ1v) is 9.43. The molecule has 1 saturated heterocycles. The first-order chi connectivity index (χ1) is 9.85. The van der Waals surface area contributed by atoms with Gasteiger partial charge in [0.2, 0.25) is 0 Å². The summed E-state index contributed by atoms with van der Waals surface area (Å²) >= 11 is 6.26. The Labute approximate surface area is 130 Å². The van der Waals surface area contributed by atoms with Gasteiger partial charge < -0.3 is 4.57 Å². The Hall–Kier alpha value is -1.07. The highest BCUT2D eigenvalue weighted by Crippen LogP contribution is 2.28. The number of imidazole rings is 1. The summed E-state index contributed by atoms with van der Waals surface area (Å²) in [6.07, 6.45) is 0.726. The van der Waals surface area contributed by atoms with Crippen LogP contribution in [0, 0.1) is 12.8 Å². The van der Waals surface area contributed by atoms with Gasteiger partial charge in [-0.05, 0) is 43.9 Å². The van der Waals surface area contributed by atoms with Crippen molar-refractivity contribution in [2.24, 2.45) is 5.92 Å². The zero-order valence-electron chi connectivity index (χ0n) is 12.2. The van der Waals surface area contributed by atoms with Crippen molar-refractivity contribution in [3.05, 3.63) is 29.6 Å². The van der Waals surface area contributed by atoms with E-state index in [0.717, 1.165) is 28.8 Å². The Morgan fingerprint density at radius 2 is 2.24 bits per heavy atom. The van der Waals surface area contributed by atoms with Crippen LogP contribution >= 0.6 is 11.6 Å². The van der Waals surface area contributed by atoms with Crippen LogP contribution in [0.4, 0.5) is 0 Å². The van der Waals surface area contributed by atoms with E-state index < -0.39 is 9.84 Å². The molecular formula is C15H19ClN2O2S. The van der Waals surface area contributed by atoms with E-state index in [-0.39, 0.29) is 17.0 Å². The lowest BCUT2D eigenvalue weighted by Gasteiger charge is -2.14. The lowest BCUT2D eigenvalue weighted by molar-refractivity contribution is 0.486. The minimum absolute atomic E-state index is 0.155. The highest BCUT2D eigenvalue weighted by atomic mass is 35.5. The third kappa shape index (κ3) is 2.94. The van der Waals surface area contributed by atoms with Gasteiger partial charge in [-0.2, -0.15) is 0 Å². The summed E-state index contributed by atoms with van der Waals surface area (Å²) in [6.45, 7) is 4.61. The highest BCUT2D eigenvalue weighted by molar-refractivity contribution is 7.91. The van der Waals surface area contributed by atoms with Crippen LogP contribution in [0.25, 0.3) is 11.0 Å². The molecule has 4 nitrogen and oxygen atoms in total. The molecule has 21 heavy (non-hydrogen) atoms. The van der Waals surface area contributed by atoms with Crippen molar-refractivity contribution >= 4 is 32.5 Å². The third-order valence-corrected chi connectivity index (χ3v) is 6.09. The van der Waals surface area contributed by atoms with E-state index in [1.54, 1.807) is 0 Å². The predicted octanol–water partition coefficient (Wildman–Crippen LogP) is 3.08. The normalized spacial score (nSPS) is 22.7. The lowest BCUT2D eigenvalue weighted by Crippen LogP contribution is -2.15. The maximum absolute atomic E-state index is 11.7. The van der Waals surface area contributed by atoms with E-state index in [2.05, 4.69) is 15.6 Å². The van der Waals surface area contributed by atoms with Gasteiger partial charge in [-0.25, -0.2) is 13.4 Å². The summed E-state index contributed by atoms with van der Waals surface area (Å²) in [7, 11) is -2.86. The zero-order chi connectivity index (χ0) is 15.2. The molecule has 0 spiro atoms. The van der Waals surface area contributed by atoms with Gasteiger partial charge in [-0.15, -0.1) is 11.6 Å². The van der Waals surface area contributed by atoms with Crippen LogP contribution < -0.4 is 0 Å². The number of rotatable bonds is 3. The van der Waals surface area contributed by atoms with Gasteiger partial charge in [0.1, 0.15) is 5.82 Å². The van der Waals surface area contributed by atoms with Gasteiger partial charge in [0.15, 0.2) is 9.84 Å². The van der Waals surface area contributed by atoms with Crippen molar-refractivity contribution in [3.63, 3.8) is 0 Å². The van der Waals surface area contributed by atoms with E-state index in [4.69, 9.17) is 11.6 Å². The van der Waals surface area contributed by atoms with E-state index in [0.29, 0.717) is 12.3 Å². The average molecular weight is 327 g/mol. The molecular weight excluding hydrogens is 308 g/mol. The second-order valence-electron chi connectivity index (χ2n) is 5.96. The Morgan fingerprint density at radius 1 is 1.48 bits per heavy atom. The second-order valence-corrected chi connectivity index (χ2v) is 8.84. The van der Waals surface area contributed by atoms with Gasteiger partial charge in [-0.3, -0.25) is 0 Å². The van der Waals surface area contributed by atoms with Crippen LogP contribution in [0.5, 0.6) is 0 Å². The SMILES string of the molecule is Cc1ccc2nc(C(C)Cl)n(CC3CCS(=O)(=O)C3)c2c1. The summed E-state index contributed by atoms with van der Waals surface area (Å²) < 4.78 is 25.4. The molecule has 2 unspecified atom stereocenters. The van der Waals surface area contributed by atoms with Crippen molar-refractivity contribution in [1.29, 1.82) is 0 Å². The number of fused-ring (bicyclic) bond motifs is 1. The Kier molecular flexibility index (Phi) is 3.74. The third-order valence-electron chi connectivity index (χ3n) is 4.06. The molecule has 0 N–H and O–H groups in total. The summed E-state index contributed by atoms with van der Waals surface area (Å²) in [6, 6.07) is 6.12. The fourth-order valence-electron chi connectivity index (χ4n) is 3.02. The van der Waals surface area contributed by atoms with Crippen LogP contribution in [-0.4, -0.2) is 29.5 Å². The standard InChI is InChI=1S/C15H19ClN2O2S/c1-10-3-4-13-14(7-10)18(15(17-13)11(2)16)8-12-5-6-21(19,20)9-12/h3-4,7,11-12H,5-6,8-9H2,1-2H3. The molecule has 0 aliphatic carbocycles.